The number of fused-ring (bicyclic) bond motifs is 9. The number of para-hydroxylation sites is 1. The molecule has 1 unspecified atom stereocenters. The highest BCUT2D eigenvalue weighted by atomic mass is 15.2. The quantitative estimate of drug-likeness (QED) is 0.145. The second-order valence-corrected chi connectivity index (χ2v) is 22.7. The van der Waals surface area contributed by atoms with E-state index >= 15 is 0 Å². The molecule has 392 valence electrons. The molecule has 5 nitrogen and oxygen atoms in total. The molecule has 83 heavy (non-hydrogen) atoms. The predicted molar refractivity (Wildman–Crippen MR) is 344 cm³/mol. The second-order valence-electron chi connectivity index (χ2n) is 22.7. The Balaban J connectivity index is 0.903. The Kier molecular flexibility index (Phi) is 11.3. The molecule has 0 aliphatic heterocycles. The monoisotopic (exact) mass is 1060 g/mol. The lowest BCUT2D eigenvalue weighted by atomic mass is 9.82. The standard InChI is InChI=1S/C78H55N5/c1-78(2)69-35-17-15-33-63(69)65-48-68-67-47-57(56-37-39-72-66(46-56)64-34-16-18-36-71(64)82(72)62-44-60(52-25-11-5-12-26-52)43-61(45-62)53-27-13-6-14-28-53)38-40-73(67)83(74(68)49-70(65)78)77-80-75(58-31-19-29-54(41-58)50-21-7-3-8-22-50)79-76(81-77)59-32-20-30-55(42-59)51-23-9-4-10-24-51/h3-23,25-49,51H,24H2,1-2H3. The summed E-state index contributed by atoms with van der Waals surface area (Å²) in [7, 11) is 0. The van der Waals surface area contributed by atoms with Crippen LogP contribution in [0.3, 0.4) is 0 Å². The van der Waals surface area contributed by atoms with Gasteiger partial charge in [0.1, 0.15) is 0 Å². The number of benzene rings is 11. The van der Waals surface area contributed by atoms with E-state index in [0.717, 1.165) is 78.3 Å². The first-order chi connectivity index (χ1) is 40.9. The van der Waals surface area contributed by atoms with Crippen LogP contribution < -0.4 is 0 Å². The van der Waals surface area contributed by atoms with Gasteiger partial charge in [0.2, 0.25) is 5.95 Å². The summed E-state index contributed by atoms with van der Waals surface area (Å²) < 4.78 is 4.74. The fourth-order valence-corrected chi connectivity index (χ4v) is 13.3. The summed E-state index contributed by atoms with van der Waals surface area (Å²) in [6, 6.07) is 92.9. The first-order valence-corrected chi connectivity index (χ1v) is 28.8. The first-order valence-electron chi connectivity index (χ1n) is 28.8. The van der Waals surface area contributed by atoms with Gasteiger partial charge in [-0.3, -0.25) is 4.57 Å². The van der Waals surface area contributed by atoms with Crippen LogP contribution in [0.2, 0.25) is 0 Å². The van der Waals surface area contributed by atoms with E-state index in [4.69, 9.17) is 15.0 Å². The second kappa shape index (κ2) is 19.4. The third kappa shape index (κ3) is 8.18. The van der Waals surface area contributed by atoms with Crippen molar-refractivity contribution < 1.29 is 0 Å². The van der Waals surface area contributed by atoms with E-state index in [-0.39, 0.29) is 11.3 Å². The van der Waals surface area contributed by atoms with Crippen molar-refractivity contribution >= 4 is 43.6 Å². The van der Waals surface area contributed by atoms with Gasteiger partial charge in [0.15, 0.2) is 11.6 Å². The topological polar surface area (TPSA) is 48.5 Å². The van der Waals surface area contributed by atoms with Gasteiger partial charge >= 0.3 is 0 Å². The van der Waals surface area contributed by atoms with Crippen molar-refractivity contribution in [2.24, 2.45) is 0 Å². The van der Waals surface area contributed by atoms with Crippen molar-refractivity contribution in [3.05, 3.63) is 296 Å². The number of allylic oxidation sites excluding steroid dienone is 4. The molecule has 0 bridgehead atoms. The summed E-state index contributed by atoms with van der Waals surface area (Å²) in [5, 5.41) is 4.68. The largest absolute Gasteiger partial charge is 0.309 e. The average molecular weight is 1060 g/mol. The summed E-state index contributed by atoms with van der Waals surface area (Å²) in [6.45, 7) is 4.71. The highest BCUT2D eigenvalue weighted by molar-refractivity contribution is 6.14. The van der Waals surface area contributed by atoms with Crippen LogP contribution in [0.5, 0.6) is 0 Å². The lowest BCUT2D eigenvalue weighted by molar-refractivity contribution is 0.661. The van der Waals surface area contributed by atoms with Gasteiger partial charge in [-0.05, 0) is 152 Å². The molecule has 2 aliphatic carbocycles. The lowest BCUT2D eigenvalue weighted by Gasteiger charge is -2.21. The maximum Gasteiger partial charge on any atom is 0.238 e. The third-order valence-corrected chi connectivity index (χ3v) is 17.5. The van der Waals surface area contributed by atoms with E-state index in [1.54, 1.807) is 0 Å². The van der Waals surface area contributed by atoms with Crippen LogP contribution in [0.25, 0.3) is 134 Å². The highest BCUT2D eigenvalue weighted by Gasteiger charge is 2.36. The molecule has 0 saturated heterocycles. The van der Waals surface area contributed by atoms with Crippen LogP contribution in [-0.2, 0) is 5.41 Å². The molecule has 0 fully saturated rings. The molecule has 1 atom stereocenters. The molecule has 0 amide bonds. The molecule has 11 aromatic carbocycles. The number of nitrogens with zero attached hydrogens (tertiary/aromatic N) is 5. The normalized spacial score (nSPS) is 14.2. The van der Waals surface area contributed by atoms with Crippen LogP contribution in [0.4, 0.5) is 0 Å². The molecule has 0 spiro atoms. The molecule has 14 aromatic rings. The zero-order chi connectivity index (χ0) is 55.2. The average Bonchev–Trinajstić information content (AvgIpc) is 1.85. The lowest BCUT2D eigenvalue weighted by Crippen LogP contribution is -2.15. The van der Waals surface area contributed by atoms with Crippen LogP contribution in [0, 0.1) is 0 Å². The Bertz CT molecular complexity index is 4910. The Morgan fingerprint density at radius 1 is 0.349 bits per heavy atom. The summed E-state index contributed by atoms with van der Waals surface area (Å²) in [5.41, 5.74) is 22.8. The van der Waals surface area contributed by atoms with Gasteiger partial charge in [0, 0.05) is 49.7 Å². The number of rotatable bonds is 9. The molecule has 5 heteroatoms. The summed E-state index contributed by atoms with van der Waals surface area (Å²) in [6.07, 6.45) is 9.75. The fourth-order valence-electron chi connectivity index (χ4n) is 13.3. The maximum absolute atomic E-state index is 5.53. The van der Waals surface area contributed by atoms with Gasteiger partial charge in [-0.1, -0.05) is 220 Å². The third-order valence-electron chi connectivity index (χ3n) is 17.5. The minimum atomic E-state index is -0.233. The summed E-state index contributed by atoms with van der Waals surface area (Å²) in [4.78, 5) is 16.4. The van der Waals surface area contributed by atoms with Gasteiger partial charge in [-0.2, -0.15) is 9.97 Å². The number of hydrogen-bond donors (Lipinski definition) is 0. The smallest absolute Gasteiger partial charge is 0.238 e. The van der Waals surface area contributed by atoms with E-state index < -0.39 is 0 Å². The summed E-state index contributed by atoms with van der Waals surface area (Å²) in [5.74, 6) is 2.09. The molecule has 3 heterocycles. The van der Waals surface area contributed by atoms with Crippen molar-refractivity contribution in [1.82, 2.24) is 24.1 Å². The number of aromatic nitrogens is 5. The molecule has 0 radical (unpaired) electrons. The van der Waals surface area contributed by atoms with E-state index in [1.807, 2.05) is 0 Å². The van der Waals surface area contributed by atoms with Crippen molar-refractivity contribution in [2.45, 2.75) is 31.6 Å². The van der Waals surface area contributed by atoms with Gasteiger partial charge in [-0.15, -0.1) is 0 Å². The van der Waals surface area contributed by atoms with Crippen LogP contribution in [0.1, 0.15) is 42.9 Å². The van der Waals surface area contributed by atoms with E-state index in [2.05, 4.69) is 302 Å². The highest BCUT2D eigenvalue weighted by Crippen LogP contribution is 2.51. The van der Waals surface area contributed by atoms with Gasteiger partial charge in [-0.25, -0.2) is 4.98 Å². The van der Waals surface area contributed by atoms with Crippen LogP contribution in [-0.4, -0.2) is 24.1 Å². The zero-order valence-electron chi connectivity index (χ0n) is 46.1. The van der Waals surface area contributed by atoms with Crippen molar-refractivity contribution in [3.8, 4) is 90.0 Å². The van der Waals surface area contributed by atoms with E-state index in [1.165, 1.54) is 60.8 Å². The molecule has 16 rings (SSSR count). The zero-order valence-corrected chi connectivity index (χ0v) is 46.1. The van der Waals surface area contributed by atoms with E-state index in [9.17, 15) is 0 Å². The Morgan fingerprint density at radius 3 is 1.57 bits per heavy atom. The number of hydrogen-bond acceptors (Lipinski definition) is 3. The molecular weight excluding hydrogens is 1010 g/mol. The minimum absolute atomic E-state index is 0.233. The minimum Gasteiger partial charge on any atom is -0.309 e. The van der Waals surface area contributed by atoms with Gasteiger partial charge in [0.25, 0.3) is 0 Å². The Hall–Kier alpha value is -10.5. The predicted octanol–water partition coefficient (Wildman–Crippen LogP) is 20.0. The SMILES string of the molecule is CC1(C)c2ccccc2-c2cc3c4cc(-c5ccc6c(c5)c5ccccc5n6-c5cc(-c6ccccc6)cc(-c6ccccc6)c5)ccc4n(-c4nc(-c5cccc(-c6ccccc6)c5)nc(-c5cccc(C6C=CC=CC6)c5)n4)c3cc21. The fraction of sp³-hybridized carbons (Fsp3) is 0.0641. The molecule has 0 N–H and O–H groups in total. The maximum atomic E-state index is 5.53. The van der Waals surface area contributed by atoms with Crippen molar-refractivity contribution in [2.75, 3.05) is 0 Å². The van der Waals surface area contributed by atoms with Crippen molar-refractivity contribution in [3.63, 3.8) is 0 Å². The van der Waals surface area contributed by atoms with E-state index in [0.29, 0.717) is 17.6 Å². The molecule has 0 saturated carbocycles. The van der Waals surface area contributed by atoms with Crippen LogP contribution in [0.15, 0.2) is 279 Å². The van der Waals surface area contributed by atoms with Crippen LogP contribution >= 0.6 is 0 Å². The molecular formula is C78H55N5. The Labute approximate surface area is 482 Å². The molecule has 3 aromatic heterocycles. The molecule has 2 aliphatic rings. The first kappa shape index (κ1) is 48.4. The Morgan fingerprint density at radius 2 is 0.880 bits per heavy atom. The van der Waals surface area contributed by atoms with Crippen molar-refractivity contribution in [1.29, 1.82) is 0 Å². The van der Waals surface area contributed by atoms with Gasteiger partial charge in [0.05, 0.1) is 22.1 Å². The summed E-state index contributed by atoms with van der Waals surface area (Å²) >= 11 is 0. The van der Waals surface area contributed by atoms with Gasteiger partial charge < -0.3 is 4.57 Å².